The van der Waals surface area contributed by atoms with E-state index in [1.54, 1.807) is 0 Å². The largest absolute Gasteiger partial charge is 0.393 e. The van der Waals surface area contributed by atoms with Gasteiger partial charge in [-0.3, -0.25) is 4.98 Å². The maximum Gasteiger partial charge on any atom is 0.0598 e. The van der Waals surface area contributed by atoms with Crippen LogP contribution in [0.3, 0.4) is 0 Å². The van der Waals surface area contributed by atoms with Gasteiger partial charge in [0.15, 0.2) is 0 Å². The van der Waals surface area contributed by atoms with Crippen LogP contribution in [-0.2, 0) is 19.3 Å². The molecule has 0 fully saturated rings. The van der Waals surface area contributed by atoms with E-state index in [1.165, 1.54) is 11.1 Å². The first-order valence-electron chi connectivity index (χ1n) is 6.93. The van der Waals surface area contributed by atoms with Crippen LogP contribution >= 0.6 is 0 Å². The lowest BCUT2D eigenvalue weighted by Gasteiger charge is -2.10. The topological polar surface area (TPSA) is 33.1 Å². The van der Waals surface area contributed by atoms with Gasteiger partial charge in [-0.1, -0.05) is 43.3 Å². The van der Waals surface area contributed by atoms with Gasteiger partial charge >= 0.3 is 0 Å². The van der Waals surface area contributed by atoms with Gasteiger partial charge in [-0.25, -0.2) is 0 Å². The Kier molecular flexibility index (Phi) is 5.10. The molecule has 1 N–H and O–H groups in total. The second kappa shape index (κ2) is 7.05. The molecule has 0 aliphatic carbocycles. The highest BCUT2D eigenvalue weighted by Gasteiger charge is 2.07. The van der Waals surface area contributed by atoms with Crippen LogP contribution in [0.4, 0.5) is 0 Å². The minimum Gasteiger partial charge on any atom is -0.393 e. The normalized spacial score (nSPS) is 12.3. The molecule has 2 rings (SSSR count). The zero-order chi connectivity index (χ0) is 13.5. The Balaban J connectivity index is 1.82. The molecule has 0 saturated heterocycles. The van der Waals surface area contributed by atoms with E-state index in [2.05, 4.69) is 30.1 Å². The highest BCUT2D eigenvalue weighted by Crippen LogP contribution is 2.09. The lowest BCUT2D eigenvalue weighted by atomic mass is 10.0. The lowest BCUT2D eigenvalue weighted by molar-refractivity contribution is 0.164. The van der Waals surface area contributed by atoms with Gasteiger partial charge in [0.25, 0.3) is 0 Å². The average molecular weight is 255 g/mol. The maximum absolute atomic E-state index is 10.1. The standard InChI is InChI=1S/C17H21NO/c1-2-14-8-10-16(18-13-14)12-17(19)11-9-15-6-4-3-5-7-15/h3-8,10,13,17,19H,2,9,11-12H2,1H3. The second-order valence-electron chi connectivity index (χ2n) is 4.89. The van der Waals surface area contributed by atoms with Gasteiger partial charge in [-0.05, 0) is 36.5 Å². The van der Waals surface area contributed by atoms with E-state index in [1.807, 2.05) is 30.5 Å². The van der Waals surface area contributed by atoms with Gasteiger partial charge in [0.05, 0.1) is 6.10 Å². The summed E-state index contributed by atoms with van der Waals surface area (Å²) in [4.78, 5) is 4.38. The van der Waals surface area contributed by atoms with E-state index in [0.717, 1.165) is 25.0 Å². The number of benzene rings is 1. The lowest BCUT2D eigenvalue weighted by Crippen LogP contribution is -2.12. The summed E-state index contributed by atoms with van der Waals surface area (Å²) in [6.45, 7) is 2.12. The minimum absolute atomic E-state index is 0.319. The van der Waals surface area contributed by atoms with Crippen LogP contribution in [0.1, 0.15) is 30.2 Å². The summed E-state index contributed by atoms with van der Waals surface area (Å²) in [6, 6.07) is 14.4. The Labute approximate surface area is 115 Å². The zero-order valence-electron chi connectivity index (χ0n) is 11.4. The van der Waals surface area contributed by atoms with Crippen LogP contribution in [0, 0.1) is 0 Å². The van der Waals surface area contributed by atoms with Gasteiger partial charge in [0.2, 0.25) is 0 Å². The van der Waals surface area contributed by atoms with E-state index < -0.39 is 0 Å². The fourth-order valence-corrected chi connectivity index (χ4v) is 2.11. The third-order valence-electron chi connectivity index (χ3n) is 3.35. The molecular formula is C17H21NO. The Hall–Kier alpha value is -1.67. The van der Waals surface area contributed by atoms with Crippen molar-refractivity contribution < 1.29 is 5.11 Å². The molecule has 1 atom stereocenters. The number of rotatable bonds is 6. The van der Waals surface area contributed by atoms with Crippen molar-refractivity contribution in [2.24, 2.45) is 0 Å². The summed E-state index contributed by atoms with van der Waals surface area (Å²) in [7, 11) is 0. The van der Waals surface area contributed by atoms with E-state index in [-0.39, 0.29) is 6.10 Å². The molecule has 100 valence electrons. The summed E-state index contributed by atoms with van der Waals surface area (Å²) in [5.74, 6) is 0. The van der Waals surface area contributed by atoms with E-state index in [4.69, 9.17) is 0 Å². The number of aromatic nitrogens is 1. The first kappa shape index (κ1) is 13.8. The van der Waals surface area contributed by atoms with Gasteiger partial charge < -0.3 is 5.11 Å². The van der Waals surface area contributed by atoms with Crippen molar-refractivity contribution in [2.45, 2.75) is 38.7 Å². The smallest absolute Gasteiger partial charge is 0.0598 e. The Morgan fingerprint density at radius 2 is 1.84 bits per heavy atom. The molecule has 1 aromatic heterocycles. The fourth-order valence-electron chi connectivity index (χ4n) is 2.11. The number of pyridine rings is 1. The maximum atomic E-state index is 10.1. The molecular weight excluding hydrogens is 234 g/mol. The van der Waals surface area contributed by atoms with Gasteiger partial charge in [-0.2, -0.15) is 0 Å². The molecule has 1 unspecified atom stereocenters. The zero-order valence-corrected chi connectivity index (χ0v) is 11.4. The van der Waals surface area contributed by atoms with Crippen LogP contribution < -0.4 is 0 Å². The minimum atomic E-state index is -0.319. The second-order valence-corrected chi connectivity index (χ2v) is 4.89. The van der Waals surface area contributed by atoms with Crippen molar-refractivity contribution in [3.8, 4) is 0 Å². The van der Waals surface area contributed by atoms with Crippen LogP contribution in [0.25, 0.3) is 0 Å². The fraction of sp³-hybridized carbons (Fsp3) is 0.353. The molecule has 0 aliphatic rings. The number of hydrogen-bond donors (Lipinski definition) is 1. The van der Waals surface area contributed by atoms with E-state index in [0.29, 0.717) is 6.42 Å². The Morgan fingerprint density at radius 3 is 2.47 bits per heavy atom. The van der Waals surface area contributed by atoms with Crippen LogP contribution in [0.2, 0.25) is 0 Å². The van der Waals surface area contributed by atoms with Crippen LogP contribution in [-0.4, -0.2) is 16.2 Å². The number of aliphatic hydroxyl groups excluding tert-OH is 1. The van der Waals surface area contributed by atoms with E-state index in [9.17, 15) is 5.11 Å². The first-order chi connectivity index (χ1) is 9.28. The van der Waals surface area contributed by atoms with Crippen molar-refractivity contribution in [2.75, 3.05) is 0 Å². The summed E-state index contributed by atoms with van der Waals surface area (Å²) in [5, 5.41) is 10.1. The molecule has 2 heteroatoms. The molecule has 19 heavy (non-hydrogen) atoms. The van der Waals surface area contributed by atoms with Gasteiger partial charge in [0, 0.05) is 18.3 Å². The van der Waals surface area contributed by atoms with Crippen molar-refractivity contribution in [3.05, 3.63) is 65.5 Å². The highest BCUT2D eigenvalue weighted by atomic mass is 16.3. The van der Waals surface area contributed by atoms with Crippen LogP contribution in [0.5, 0.6) is 0 Å². The molecule has 0 amide bonds. The number of aryl methyl sites for hydroxylation is 2. The Morgan fingerprint density at radius 1 is 1.05 bits per heavy atom. The van der Waals surface area contributed by atoms with E-state index >= 15 is 0 Å². The number of hydrogen-bond acceptors (Lipinski definition) is 2. The molecule has 2 aromatic rings. The summed E-state index contributed by atoms with van der Waals surface area (Å²) in [6.07, 6.45) is 4.91. The van der Waals surface area contributed by atoms with Crippen molar-refractivity contribution in [1.82, 2.24) is 4.98 Å². The van der Waals surface area contributed by atoms with Crippen molar-refractivity contribution in [3.63, 3.8) is 0 Å². The summed E-state index contributed by atoms with van der Waals surface area (Å²) >= 11 is 0. The monoisotopic (exact) mass is 255 g/mol. The molecule has 2 nitrogen and oxygen atoms in total. The predicted molar refractivity (Wildman–Crippen MR) is 78.1 cm³/mol. The van der Waals surface area contributed by atoms with Crippen molar-refractivity contribution >= 4 is 0 Å². The molecule has 0 radical (unpaired) electrons. The molecule has 1 aromatic carbocycles. The molecule has 1 heterocycles. The quantitative estimate of drug-likeness (QED) is 0.860. The third kappa shape index (κ3) is 4.49. The molecule has 0 aliphatic heterocycles. The Bertz CT molecular complexity index is 478. The SMILES string of the molecule is CCc1ccc(CC(O)CCc2ccccc2)nc1. The average Bonchev–Trinajstić information content (AvgIpc) is 2.47. The summed E-state index contributed by atoms with van der Waals surface area (Å²) in [5.41, 5.74) is 3.48. The predicted octanol–water partition coefficient (Wildman–Crippen LogP) is 3.18. The van der Waals surface area contributed by atoms with Crippen molar-refractivity contribution in [1.29, 1.82) is 0 Å². The van der Waals surface area contributed by atoms with Gasteiger partial charge in [-0.15, -0.1) is 0 Å². The van der Waals surface area contributed by atoms with Crippen LogP contribution in [0.15, 0.2) is 48.7 Å². The highest BCUT2D eigenvalue weighted by molar-refractivity contribution is 5.16. The molecule has 0 bridgehead atoms. The molecule has 0 spiro atoms. The molecule has 0 saturated carbocycles. The van der Waals surface area contributed by atoms with Gasteiger partial charge in [0.1, 0.15) is 0 Å². The number of aliphatic hydroxyl groups is 1. The number of nitrogens with zero attached hydrogens (tertiary/aromatic N) is 1. The third-order valence-corrected chi connectivity index (χ3v) is 3.35. The summed E-state index contributed by atoms with van der Waals surface area (Å²) < 4.78 is 0. The first-order valence-corrected chi connectivity index (χ1v) is 6.93.